The molecule has 24 heavy (non-hydrogen) atoms. The van der Waals surface area contributed by atoms with E-state index in [1.165, 1.54) is 0 Å². The first-order valence-electron chi connectivity index (χ1n) is 8.52. The van der Waals surface area contributed by atoms with E-state index in [-0.39, 0.29) is 11.5 Å². The molecule has 0 radical (unpaired) electrons. The molecule has 0 saturated carbocycles. The highest BCUT2D eigenvalue weighted by atomic mass is 16.5. The fourth-order valence-corrected chi connectivity index (χ4v) is 3.54. The zero-order chi connectivity index (χ0) is 16.9. The van der Waals surface area contributed by atoms with Crippen LogP contribution in [0.15, 0.2) is 0 Å². The zero-order valence-corrected chi connectivity index (χ0v) is 14.7. The Hall–Kier alpha value is -1.80. The highest BCUT2D eigenvalue weighted by Gasteiger charge is 2.41. The van der Waals surface area contributed by atoms with Crippen LogP contribution in [0.2, 0.25) is 0 Å². The number of fused-ring (bicyclic) bond motifs is 2. The van der Waals surface area contributed by atoms with Crippen LogP contribution in [0.3, 0.4) is 0 Å². The Morgan fingerprint density at radius 3 is 2.67 bits per heavy atom. The standard InChI is InChI=1S/C16H24N6O2/c1-10(2)14-19-17-12-7-11(24-9-22(12)14)16(3,4)15-20-18-13-8-23-6-5-21(13)15/h10-11H,5-9H2,1-4H3. The first kappa shape index (κ1) is 15.7. The normalized spacial score (nSPS) is 21.0. The van der Waals surface area contributed by atoms with Gasteiger partial charge in [-0.25, -0.2) is 0 Å². The van der Waals surface area contributed by atoms with Crippen LogP contribution in [0.5, 0.6) is 0 Å². The molecule has 2 aliphatic heterocycles. The van der Waals surface area contributed by atoms with Gasteiger partial charge in [-0.2, -0.15) is 0 Å². The van der Waals surface area contributed by atoms with Crippen molar-refractivity contribution in [3.05, 3.63) is 23.3 Å². The molecule has 0 bridgehead atoms. The fraction of sp³-hybridized carbons (Fsp3) is 0.750. The van der Waals surface area contributed by atoms with Crippen molar-refractivity contribution in [2.24, 2.45) is 0 Å². The number of ether oxygens (including phenoxy) is 2. The Morgan fingerprint density at radius 2 is 1.88 bits per heavy atom. The van der Waals surface area contributed by atoms with Gasteiger partial charge in [0.05, 0.1) is 18.1 Å². The van der Waals surface area contributed by atoms with Crippen molar-refractivity contribution < 1.29 is 9.47 Å². The molecule has 2 aromatic rings. The molecule has 2 aliphatic rings. The van der Waals surface area contributed by atoms with Crippen LogP contribution in [0.1, 0.15) is 56.9 Å². The highest BCUT2D eigenvalue weighted by Crippen LogP contribution is 2.33. The molecule has 0 aliphatic carbocycles. The van der Waals surface area contributed by atoms with Crippen LogP contribution in [-0.4, -0.2) is 42.2 Å². The van der Waals surface area contributed by atoms with Crippen molar-refractivity contribution in [1.82, 2.24) is 29.5 Å². The van der Waals surface area contributed by atoms with Crippen molar-refractivity contribution >= 4 is 0 Å². The van der Waals surface area contributed by atoms with Gasteiger partial charge in [0.25, 0.3) is 0 Å². The van der Waals surface area contributed by atoms with Crippen molar-refractivity contribution in [2.45, 2.75) is 71.4 Å². The maximum absolute atomic E-state index is 6.20. The van der Waals surface area contributed by atoms with E-state index >= 15 is 0 Å². The molecule has 0 fully saturated rings. The summed E-state index contributed by atoms with van der Waals surface area (Å²) in [5, 5.41) is 17.4. The minimum absolute atomic E-state index is 0.00893. The summed E-state index contributed by atoms with van der Waals surface area (Å²) in [5.74, 6) is 4.17. The third-order valence-electron chi connectivity index (χ3n) is 5.04. The molecule has 4 heterocycles. The van der Waals surface area contributed by atoms with Crippen LogP contribution in [0, 0.1) is 0 Å². The van der Waals surface area contributed by atoms with Crippen molar-refractivity contribution in [3.8, 4) is 0 Å². The molecule has 4 rings (SSSR count). The zero-order valence-electron chi connectivity index (χ0n) is 14.7. The summed E-state index contributed by atoms with van der Waals surface area (Å²) in [7, 11) is 0. The van der Waals surface area contributed by atoms with Crippen molar-refractivity contribution in [3.63, 3.8) is 0 Å². The van der Waals surface area contributed by atoms with E-state index in [1.807, 2.05) is 0 Å². The Kier molecular flexibility index (Phi) is 3.69. The predicted molar refractivity (Wildman–Crippen MR) is 85.4 cm³/mol. The second-order valence-electron chi connectivity index (χ2n) is 7.41. The second-order valence-corrected chi connectivity index (χ2v) is 7.41. The number of rotatable bonds is 3. The van der Waals surface area contributed by atoms with E-state index in [9.17, 15) is 0 Å². The van der Waals surface area contributed by atoms with Crippen LogP contribution in [0.4, 0.5) is 0 Å². The predicted octanol–water partition coefficient (Wildman–Crippen LogP) is 1.40. The van der Waals surface area contributed by atoms with Gasteiger partial charge < -0.3 is 14.0 Å². The maximum Gasteiger partial charge on any atom is 0.159 e. The van der Waals surface area contributed by atoms with Crippen LogP contribution < -0.4 is 0 Å². The van der Waals surface area contributed by atoms with Gasteiger partial charge in [0.1, 0.15) is 30.8 Å². The van der Waals surface area contributed by atoms with E-state index in [4.69, 9.17) is 9.47 Å². The second kappa shape index (κ2) is 5.63. The molecule has 1 atom stereocenters. The summed E-state index contributed by atoms with van der Waals surface area (Å²) in [4.78, 5) is 0. The van der Waals surface area contributed by atoms with E-state index in [0.29, 0.717) is 25.9 Å². The van der Waals surface area contributed by atoms with Crippen LogP contribution in [0.25, 0.3) is 0 Å². The monoisotopic (exact) mass is 332 g/mol. The molecule has 0 aromatic carbocycles. The molecule has 0 spiro atoms. The average Bonchev–Trinajstić information content (AvgIpc) is 3.18. The Bertz CT molecular complexity index is 748. The lowest BCUT2D eigenvalue weighted by atomic mass is 9.83. The Labute approximate surface area is 141 Å². The Balaban J connectivity index is 1.62. The van der Waals surface area contributed by atoms with Crippen LogP contribution in [-0.2, 0) is 41.2 Å². The number of nitrogens with zero attached hydrogens (tertiary/aromatic N) is 6. The minimum atomic E-state index is -0.266. The summed E-state index contributed by atoms with van der Waals surface area (Å²) in [6.45, 7) is 11.1. The van der Waals surface area contributed by atoms with Crippen molar-refractivity contribution in [2.75, 3.05) is 6.61 Å². The lowest BCUT2D eigenvalue weighted by Crippen LogP contribution is -2.44. The molecule has 2 aromatic heterocycles. The maximum atomic E-state index is 6.20. The van der Waals surface area contributed by atoms with Gasteiger partial charge in [0.15, 0.2) is 5.82 Å². The minimum Gasteiger partial charge on any atom is -0.372 e. The van der Waals surface area contributed by atoms with Gasteiger partial charge in [-0.3, -0.25) is 4.57 Å². The van der Waals surface area contributed by atoms with Gasteiger partial charge in [-0.15, -0.1) is 20.4 Å². The molecule has 1 unspecified atom stereocenters. The lowest BCUT2D eigenvalue weighted by molar-refractivity contribution is -0.0559. The first-order chi connectivity index (χ1) is 11.5. The van der Waals surface area contributed by atoms with Gasteiger partial charge in [0, 0.05) is 18.9 Å². The molecule has 8 nitrogen and oxygen atoms in total. The molecular weight excluding hydrogens is 308 g/mol. The third-order valence-corrected chi connectivity index (χ3v) is 5.04. The molecular formula is C16H24N6O2. The fourth-order valence-electron chi connectivity index (χ4n) is 3.54. The van der Waals surface area contributed by atoms with E-state index in [0.717, 1.165) is 36.3 Å². The molecule has 0 N–H and O–H groups in total. The first-order valence-corrected chi connectivity index (χ1v) is 8.52. The molecule has 130 valence electrons. The van der Waals surface area contributed by atoms with Gasteiger partial charge in [-0.1, -0.05) is 27.7 Å². The van der Waals surface area contributed by atoms with Gasteiger partial charge in [0.2, 0.25) is 0 Å². The largest absolute Gasteiger partial charge is 0.372 e. The van der Waals surface area contributed by atoms with E-state index in [1.54, 1.807) is 0 Å². The lowest BCUT2D eigenvalue weighted by Gasteiger charge is -2.36. The third kappa shape index (κ3) is 2.36. The summed E-state index contributed by atoms with van der Waals surface area (Å²) < 4.78 is 15.9. The van der Waals surface area contributed by atoms with Gasteiger partial charge in [-0.05, 0) is 0 Å². The average molecular weight is 332 g/mol. The van der Waals surface area contributed by atoms with Gasteiger partial charge >= 0.3 is 0 Å². The summed E-state index contributed by atoms with van der Waals surface area (Å²) in [5.41, 5.74) is -0.266. The highest BCUT2D eigenvalue weighted by molar-refractivity contribution is 5.15. The van der Waals surface area contributed by atoms with Crippen LogP contribution >= 0.6 is 0 Å². The summed E-state index contributed by atoms with van der Waals surface area (Å²) in [6.07, 6.45) is 0.719. The summed E-state index contributed by atoms with van der Waals surface area (Å²) >= 11 is 0. The quantitative estimate of drug-likeness (QED) is 0.845. The molecule has 0 amide bonds. The molecule has 0 saturated heterocycles. The summed E-state index contributed by atoms with van der Waals surface area (Å²) in [6, 6.07) is 0. The molecule has 8 heteroatoms. The SMILES string of the molecule is CC(C)c1nnc2n1COC(C(C)(C)c1nnc3n1CCOC3)C2. The van der Waals surface area contributed by atoms with E-state index in [2.05, 4.69) is 57.2 Å². The number of hydrogen-bond acceptors (Lipinski definition) is 6. The van der Waals surface area contributed by atoms with E-state index < -0.39 is 0 Å². The topological polar surface area (TPSA) is 79.9 Å². The number of aromatic nitrogens is 6. The Morgan fingerprint density at radius 1 is 1.08 bits per heavy atom. The smallest absolute Gasteiger partial charge is 0.159 e. The van der Waals surface area contributed by atoms with Crippen molar-refractivity contribution in [1.29, 1.82) is 0 Å². The number of hydrogen-bond donors (Lipinski definition) is 0.